The summed E-state index contributed by atoms with van der Waals surface area (Å²) >= 11 is 7.19. The fourth-order valence-corrected chi connectivity index (χ4v) is 4.24. The third-order valence-corrected chi connectivity index (χ3v) is 6.09. The van der Waals surface area contributed by atoms with E-state index in [1.165, 1.54) is 24.6 Å². The van der Waals surface area contributed by atoms with Crippen molar-refractivity contribution in [1.82, 2.24) is 15.3 Å². The molecular formula is C20H24ClN3O2S. The second-order valence-electron chi connectivity index (χ2n) is 6.99. The first-order valence-electron chi connectivity index (χ1n) is 9.23. The molecule has 5 nitrogen and oxygen atoms in total. The van der Waals surface area contributed by atoms with Gasteiger partial charge in [0.1, 0.15) is 0 Å². The van der Waals surface area contributed by atoms with Gasteiger partial charge in [-0.05, 0) is 44.4 Å². The van der Waals surface area contributed by atoms with Gasteiger partial charge in [-0.1, -0.05) is 48.3 Å². The molecule has 0 radical (unpaired) electrons. The summed E-state index contributed by atoms with van der Waals surface area (Å²) in [6.07, 6.45) is 4.95. The third-order valence-electron chi connectivity index (χ3n) is 4.85. The number of carbonyl (C=O) groups is 1. The van der Waals surface area contributed by atoms with Crippen molar-refractivity contribution in [2.24, 2.45) is 0 Å². The lowest BCUT2D eigenvalue weighted by atomic mass is 10.1. The summed E-state index contributed by atoms with van der Waals surface area (Å²) < 4.78 is 0. The number of halogens is 1. The van der Waals surface area contributed by atoms with Crippen LogP contribution in [0.3, 0.4) is 0 Å². The summed E-state index contributed by atoms with van der Waals surface area (Å²) in [7, 11) is 0. The molecule has 144 valence electrons. The van der Waals surface area contributed by atoms with Crippen molar-refractivity contribution in [2.45, 2.75) is 62.4 Å². The Labute approximate surface area is 168 Å². The molecule has 1 atom stereocenters. The molecule has 2 aromatic rings. The number of hydrogen-bond donors (Lipinski definition) is 2. The van der Waals surface area contributed by atoms with Gasteiger partial charge < -0.3 is 10.3 Å². The Bertz CT molecular complexity index is 861. The summed E-state index contributed by atoms with van der Waals surface area (Å²) in [5.41, 5.74) is 2.15. The zero-order valence-corrected chi connectivity index (χ0v) is 17.1. The minimum absolute atomic E-state index is 0.00237. The number of nitrogens with zero attached hydrogens (tertiary/aromatic N) is 1. The van der Waals surface area contributed by atoms with Crippen LogP contribution in [0.25, 0.3) is 0 Å². The predicted molar refractivity (Wildman–Crippen MR) is 110 cm³/mol. The Hall–Kier alpha value is -1.79. The van der Waals surface area contributed by atoms with Gasteiger partial charge in [0.15, 0.2) is 5.16 Å². The zero-order valence-electron chi connectivity index (χ0n) is 15.5. The van der Waals surface area contributed by atoms with E-state index in [0.717, 1.165) is 18.4 Å². The molecule has 0 saturated heterocycles. The van der Waals surface area contributed by atoms with Crippen molar-refractivity contribution in [3.05, 3.63) is 56.5 Å². The molecule has 3 rings (SSSR count). The molecular weight excluding hydrogens is 382 g/mol. The van der Waals surface area contributed by atoms with Crippen LogP contribution in [0, 0.1) is 6.92 Å². The number of hydrogen-bond acceptors (Lipinski definition) is 4. The van der Waals surface area contributed by atoms with E-state index in [-0.39, 0.29) is 22.8 Å². The second kappa shape index (κ2) is 8.93. The molecule has 1 aromatic heterocycles. The molecule has 1 heterocycles. The van der Waals surface area contributed by atoms with Gasteiger partial charge in [0.25, 0.3) is 5.56 Å². The lowest BCUT2D eigenvalue weighted by Gasteiger charge is -2.16. The first-order chi connectivity index (χ1) is 12.9. The molecule has 7 heteroatoms. The quantitative estimate of drug-likeness (QED) is 0.565. The molecule has 27 heavy (non-hydrogen) atoms. The number of aromatic amines is 1. The topological polar surface area (TPSA) is 74.8 Å². The Morgan fingerprint density at radius 3 is 2.63 bits per heavy atom. The fraction of sp³-hybridized carbons (Fsp3) is 0.450. The number of aromatic nitrogens is 2. The number of thioether (sulfide) groups is 1. The van der Waals surface area contributed by atoms with Crippen molar-refractivity contribution in [2.75, 3.05) is 0 Å². The summed E-state index contributed by atoms with van der Waals surface area (Å²) in [4.78, 5) is 32.2. The predicted octanol–water partition coefficient (Wildman–Crippen LogP) is 3.86. The van der Waals surface area contributed by atoms with Gasteiger partial charge in [-0.3, -0.25) is 9.59 Å². The molecule has 1 saturated carbocycles. The van der Waals surface area contributed by atoms with E-state index in [1.54, 1.807) is 0 Å². The summed E-state index contributed by atoms with van der Waals surface area (Å²) in [6.45, 7) is 3.67. The number of H-pyrrole nitrogens is 1. The molecule has 0 aliphatic heterocycles. The molecule has 1 aromatic carbocycles. The van der Waals surface area contributed by atoms with E-state index in [4.69, 9.17) is 11.6 Å². The van der Waals surface area contributed by atoms with Crippen LogP contribution < -0.4 is 10.9 Å². The summed E-state index contributed by atoms with van der Waals surface area (Å²) in [5.74, 6) is -0.00237. The number of nitrogens with one attached hydrogen (secondary N) is 2. The van der Waals surface area contributed by atoms with Gasteiger partial charge >= 0.3 is 0 Å². The maximum absolute atomic E-state index is 12.5. The molecule has 1 aliphatic rings. The van der Waals surface area contributed by atoms with Gasteiger partial charge in [0.05, 0.1) is 5.25 Å². The molecule has 0 spiro atoms. The van der Waals surface area contributed by atoms with Crippen molar-refractivity contribution in [3.63, 3.8) is 0 Å². The van der Waals surface area contributed by atoms with Gasteiger partial charge in [-0.2, -0.15) is 0 Å². The van der Waals surface area contributed by atoms with Crippen LogP contribution >= 0.6 is 23.4 Å². The molecule has 1 aliphatic carbocycles. The highest BCUT2D eigenvalue weighted by Crippen LogP contribution is 2.22. The van der Waals surface area contributed by atoms with Crippen LogP contribution in [0.5, 0.6) is 0 Å². The Morgan fingerprint density at radius 1 is 1.33 bits per heavy atom. The highest BCUT2D eigenvalue weighted by Gasteiger charge is 2.22. The van der Waals surface area contributed by atoms with E-state index in [2.05, 4.69) is 15.3 Å². The van der Waals surface area contributed by atoms with E-state index in [9.17, 15) is 9.59 Å². The molecule has 2 N–H and O–H groups in total. The number of aryl methyl sites for hydroxylation is 1. The standard InChI is InChI=1S/C20H24ClN3O2S/c1-12-17(11-14-7-9-15(21)10-8-14)19(26)24-20(22-12)27-13(2)18(25)23-16-5-3-4-6-16/h7-10,13,16H,3-6,11H2,1-2H3,(H,23,25)(H,22,24,26). The molecule has 0 bridgehead atoms. The molecule has 1 fully saturated rings. The normalized spacial score (nSPS) is 15.7. The average Bonchev–Trinajstić information content (AvgIpc) is 3.12. The minimum Gasteiger partial charge on any atom is -0.352 e. The van der Waals surface area contributed by atoms with Gasteiger partial charge in [0, 0.05) is 28.7 Å². The summed E-state index contributed by atoms with van der Waals surface area (Å²) in [6, 6.07) is 7.71. The largest absolute Gasteiger partial charge is 0.352 e. The maximum atomic E-state index is 12.5. The van der Waals surface area contributed by atoms with Crippen LogP contribution in [0.15, 0.2) is 34.2 Å². The van der Waals surface area contributed by atoms with Gasteiger partial charge in [0.2, 0.25) is 5.91 Å². The third kappa shape index (κ3) is 5.36. The lowest BCUT2D eigenvalue weighted by molar-refractivity contribution is -0.120. The smallest absolute Gasteiger partial charge is 0.255 e. The van der Waals surface area contributed by atoms with Crippen molar-refractivity contribution in [1.29, 1.82) is 0 Å². The number of benzene rings is 1. The number of rotatable bonds is 6. The van der Waals surface area contributed by atoms with Crippen molar-refractivity contribution >= 4 is 29.3 Å². The van der Waals surface area contributed by atoms with E-state index in [1.807, 2.05) is 38.1 Å². The highest BCUT2D eigenvalue weighted by atomic mass is 35.5. The lowest BCUT2D eigenvalue weighted by Crippen LogP contribution is -2.37. The zero-order chi connectivity index (χ0) is 19.4. The van der Waals surface area contributed by atoms with Gasteiger partial charge in [-0.15, -0.1) is 0 Å². The van der Waals surface area contributed by atoms with Crippen LogP contribution in [0.1, 0.15) is 49.4 Å². The molecule has 1 amide bonds. The number of carbonyl (C=O) groups excluding carboxylic acids is 1. The Morgan fingerprint density at radius 2 is 2.00 bits per heavy atom. The van der Waals surface area contributed by atoms with E-state index < -0.39 is 0 Å². The molecule has 1 unspecified atom stereocenters. The minimum atomic E-state index is -0.310. The van der Waals surface area contributed by atoms with E-state index in [0.29, 0.717) is 27.9 Å². The van der Waals surface area contributed by atoms with Gasteiger partial charge in [-0.25, -0.2) is 4.98 Å². The highest BCUT2D eigenvalue weighted by molar-refractivity contribution is 8.00. The maximum Gasteiger partial charge on any atom is 0.255 e. The summed E-state index contributed by atoms with van der Waals surface area (Å²) in [5, 5.41) is 3.92. The van der Waals surface area contributed by atoms with Crippen LogP contribution in [-0.4, -0.2) is 27.2 Å². The van der Waals surface area contributed by atoms with Crippen molar-refractivity contribution < 1.29 is 4.79 Å². The Kier molecular flexibility index (Phi) is 6.60. The average molecular weight is 406 g/mol. The van der Waals surface area contributed by atoms with Crippen LogP contribution in [-0.2, 0) is 11.2 Å². The fourth-order valence-electron chi connectivity index (χ4n) is 3.26. The van der Waals surface area contributed by atoms with Crippen LogP contribution in [0.2, 0.25) is 5.02 Å². The van der Waals surface area contributed by atoms with Crippen LogP contribution in [0.4, 0.5) is 0 Å². The number of amides is 1. The Balaban J connectivity index is 1.67. The monoisotopic (exact) mass is 405 g/mol. The van der Waals surface area contributed by atoms with Crippen molar-refractivity contribution in [3.8, 4) is 0 Å². The first-order valence-corrected chi connectivity index (χ1v) is 10.5. The van der Waals surface area contributed by atoms with E-state index >= 15 is 0 Å². The first kappa shape index (κ1) is 20.0. The second-order valence-corrected chi connectivity index (χ2v) is 8.75. The SMILES string of the molecule is Cc1nc(SC(C)C(=O)NC2CCCC2)[nH]c(=O)c1Cc1ccc(Cl)cc1.